The van der Waals surface area contributed by atoms with Crippen LogP contribution >= 0.6 is 0 Å². The largest absolute Gasteiger partial charge is 0.493 e. The Morgan fingerprint density at radius 1 is 1.20 bits per heavy atom. The van der Waals surface area contributed by atoms with Gasteiger partial charge in [0.25, 0.3) is 5.84 Å². The highest BCUT2D eigenvalue weighted by molar-refractivity contribution is 5.95. The number of para-hydroxylation sites is 1. The molecule has 0 amide bonds. The van der Waals surface area contributed by atoms with Gasteiger partial charge in [0, 0.05) is 5.56 Å². The van der Waals surface area contributed by atoms with Crippen LogP contribution in [0.1, 0.15) is 11.5 Å². The normalized spacial score (nSPS) is 33.9. The molecule has 1 spiro atoms. The van der Waals surface area contributed by atoms with Crippen molar-refractivity contribution in [3.63, 3.8) is 0 Å². The molecule has 1 aliphatic carbocycles. The first-order valence-electron chi connectivity index (χ1n) is 7.81. The Hall–Kier alpha value is -2.81. The second-order valence-corrected chi connectivity index (χ2v) is 6.21. The van der Waals surface area contributed by atoms with Gasteiger partial charge < -0.3 is 18.9 Å². The van der Waals surface area contributed by atoms with Crippen LogP contribution in [0.2, 0.25) is 0 Å². The second kappa shape index (κ2) is 4.85. The van der Waals surface area contributed by atoms with Crippen molar-refractivity contribution in [2.24, 2.45) is 16.6 Å². The Balaban J connectivity index is 1.96. The number of nitrogens with two attached hydrogens (primary N) is 1. The number of nitriles is 2. The van der Waals surface area contributed by atoms with E-state index in [-0.39, 0.29) is 5.84 Å². The van der Waals surface area contributed by atoms with Crippen molar-refractivity contribution < 1.29 is 23.9 Å². The zero-order valence-corrected chi connectivity index (χ0v) is 13.8. The molecular formula is C17H17N4O4+. The SMILES string of the molecule is COc1cccc([C@H]2[C@]3(C#N)C(N)=[NH+]C4(OCCO4)[C@]23C#N)c1OC. The second-order valence-electron chi connectivity index (χ2n) is 6.21. The zero-order chi connectivity index (χ0) is 17.9. The van der Waals surface area contributed by atoms with Crippen molar-refractivity contribution in [2.75, 3.05) is 27.4 Å². The van der Waals surface area contributed by atoms with Crippen LogP contribution in [-0.4, -0.2) is 39.2 Å². The molecule has 0 unspecified atom stereocenters. The maximum absolute atomic E-state index is 10.1. The number of rotatable bonds is 3. The molecule has 2 aliphatic heterocycles. The Morgan fingerprint density at radius 3 is 2.48 bits per heavy atom. The van der Waals surface area contributed by atoms with Gasteiger partial charge in [-0.05, 0) is 6.07 Å². The Kier molecular flexibility index (Phi) is 3.05. The monoisotopic (exact) mass is 341 g/mol. The summed E-state index contributed by atoms with van der Waals surface area (Å²) < 4.78 is 22.3. The van der Waals surface area contributed by atoms with Crippen LogP contribution < -0.4 is 20.2 Å². The quantitative estimate of drug-likeness (QED) is 0.720. The molecule has 0 bridgehead atoms. The predicted molar refractivity (Wildman–Crippen MR) is 83.2 cm³/mol. The summed E-state index contributed by atoms with van der Waals surface area (Å²) in [6.07, 6.45) is 0. The van der Waals surface area contributed by atoms with E-state index < -0.39 is 22.7 Å². The van der Waals surface area contributed by atoms with Crippen LogP contribution in [0.4, 0.5) is 0 Å². The lowest BCUT2D eigenvalue weighted by Gasteiger charge is -2.24. The summed E-state index contributed by atoms with van der Waals surface area (Å²) in [5, 5.41) is 20.1. The molecule has 1 saturated heterocycles. The van der Waals surface area contributed by atoms with Crippen LogP contribution in [0, 0.1) is 33.5 Å². The van der Waals surface area contributed by atoms with Crippen LogP contribution in [0.3, 0.4) is 0 Å². The molecule has 8 nitrogen and oxygen atoms in total. The van der Waals surface area contributed by atoms with Gasteiger partial charge in [-0.15, -0.1) is 0 Å². The van der Waals surface area contributed by atoms with Gasteiger partial charge in [0.05, 0.1) is 45.5 Å². The first-order chi connectivity index (χ1) is 12.1. The van der Waals surface area contributed by atoms with E-state index in [9.17, 15) is 10.5 Å². The smallest absolute Gasteiger partial charge is 0.343 e. The highest BCUT2D eigenvalue weighted by Gasteiger charge is 2.97. The maximum atomic E-state index is 10.1. The Bertz CT molecular complexity index is 864. The number of ether oxygens (including phenoxy) is 4. The number of methoxy groups -OCH3 is 2. The molecule has 0 radical (unpaired) electrons. The highest BCUT2D eigenvalue weighted by atomic mass is 16.8. The first kappa shape index (κ1) is 15.7. The average molecular weight is 341 g/mol. The van der Waals surface area contributed by atoms with E-state index in [0.717, 1.165) is 0 Å². The average Bonchev–Trinajstić information content (AvgIpc) is 2.88. The Labute approximate surface area is 144 Å². The predicted octanol–water partition coefficient (Wildman–Crippen LogP) is -1.03. The van der Waals surface area contributed by atoms with Gasteiger partial charge in [0.15, 0.2) is 22.3 Å². The lowest BCUT2D eigenvalue weighted by molar-refractivity contribution is -0.676. The molecule has 3 N–H and O–H groups in total. The fourth-order valence-electron chi connectivity index (χ4n) is 4.42. The minimum atomic E-state index is -1.43. The molecule has 25 heavy (non-hydrogen) atoms. The van der Waals surface area contributed by atoms with Gasteiger partial charge >= 0.3 is 5.91 Å². The molecule has 4 rings (SSSR count). The summed E-state index contributed by atoms with van der Waals surface area (Å²) in [6.45, 7) is 0.625. The topological polar surface area (TPSA) is 124 Å². The number of hydrogen-bond acceptors (Lipinski definition) is 7. The van der Waals surface area contributed by atoms with E-state index in [0.29, 0.717) is 30.3 Å². The van der Waals surface area contributed by atoms with Crippen molar-refractivity contribution in [2.45, 2.75) is 11.8 Å². The van der Waals surface area contributed by atoms with E-state index >= 15 is 0 Å². The van der Waals surface area contributed by atoms with E-state index in [1.54, 1.807) is 18.2 Å². The third-order valence-corrected chi connectivity index (χ3v) is 5.44. The van der Waals surface area contributed by atoms with Crippen LogP contribution in [0.25, 0.3) is 0 Å². The van der Waals surface area contributed by atoms with Crippen molar-refractivity contribution in [3.05, 3.63) is 23.8 Å². The molecule has 3 atom stereocenters. The summed E-state index contributed by atoms with van der Waals surface area (Å²) in [5.41, 5.74) is 4.25. The molecule has 1 aromatic rings. The van der Waals surface area contributed by atoms with Gasteiger partial charge in [0.2, 0.25) is 0 Å². The van der Waals surface area contributed by atoms with Gasteiger partial charge in [-0.25, -0.2) is 4.99 Å². The van der Waals surface area contributed by atoms with Crippen LogP contribution in [0.15, 0.2) is 18.2 Å². The van der Waals surface area contributed by atoms with E-state index in [4.69, 9.17) is 24.7 Å². The molecule has 128 valence electrons. The summed E-state index contributed by atoms with van der Waals surface area (Å²) in [5.74, 6) is -0.845. The van der Waals surface area contributed by atoms with Crippen LogP contribution in [-0.2, 0) is 9.47 Å². The Morgan fingerprint density at radius 2 is 1.92 bits per heavy atom. The third kappa shape index (κ3) is 1.46. The molecular weight excluding hydrogens is 324 g/mol. The molecule has 8 heteroatoms. The fraction of sp³-hybridized carbons (Fsp3) is 0.471. The molecule has 1 aromatic carbocycles. The molecule has 3 aliphatic rings. The minimum absolute atomic E-state index is 0.174. The standard InChI is InChI=1S/C17H16N4O4/c1-22-11-5-3-4-10(12(11)23-2)13-15(8-18)14(20)21-17(16(13,15)9-19)24-6-7-25-17/h3-5,13H,6-7H2,1-2H3,(H2,20,21)/p+1/t13-,15+,16+/m0/s1. The molecule has 2 heterocycles. The lowest BCUT2D eigenvalue weighted by atomic mass is 9.93. The number of hydrogen-bond donors (Lipinski definition) is 2. The van der Waals surface area contributed by atoms with Crippen LogP contribution in [0.5, 0.6) is 11.5 Å². The fourth-order valence-corrected chi connectivity index (χ4v) is 4.42. The zero-order valence-electron chi connectivity index (χ0n) is 13.8. The summed E-state index contributed by atoms with van der Waals surface area (Å²) in [6, 6.07) is 9.86. The number of nitrogens with zero attached hydrogens (tertiary/aromatic N) is 2. The number of benzene rings is 1. The van der Waals surface area contributed by atoms with Crippen molar-refractivity contribution in [3.8, 4) is 23.6 Å². The molecule has 0 aromatic heterocycles. The highest BCUT2D eigenvalue weighted by Crippen LogP contribution is 2.80. The number of amidine groups is 1. The van der Waals surface area contributed by atoms with Gasteiger partial charge in [-0.2, -0.15) is 10.5 Å². The maximum Gasteiger partial charge on any atom is 0.343 e. The summed E-state index contributed by atoms with van der Waals surface area (Å²) in [4.78, 5) is 2.91. The summed E-state index contributed by atoms with van der Waals surface area (Å²) >= 11 is 0. The molecule has 2 fully saturated rings. The van der Waals surface area contributed by atoms with Crippen molar-refractivity contribution in [1.29, 1.82) is 10.5 Å². The van der Waals surface area contributed by atoms with Gasteiger partial charge in [-0.1, -0.05) is 12.1 Å². The number of fused-ring (bicyclic) bond motifs is 2. The summed E-state index contributed by atoms with van der Waals surface area (Å²) in [7, 11) is 3.05. The first-order valence-corrected chi connectivity index (χ1v) is 7.81. The van der Waals surface area contributed by atoms with Crippen molar-refractivity contribution in [1.82, 2.24) is 0 Å². The lowest BCUT2D eigenvalue weighted by Crippen LogP contribution is -2.89. The van der Waals surface area contributed by atoms with Crippen molar-refractivity contribution >= 4 is 5.84 Å². The van der Waals surface area contributed by atoms with E-state index in [1.807, 2.05) is 0 Å². The van der Waals surface area contributed by atoms with Gasteiger partial charge in [0.1, 0.15) is 0 Å². The third-order valence-electron chi connectivity index (χ3n) is 5.44. The molecule has 1 saturated carbocycles. The van der Waals surface area contributed by atoms with E-state index in [2.05, 4.69) is 17.1 Å². The van der Waals surface area contributed by atoms with E-state index in [1.165, 1.54) is 14.2 Å². The number of nitrogens with one attached hydrogen (secondary N) is 1. The van der Waals surface area contributed by atoms with Gasteiger partial charge in [-0.3, -0.25) is 5.73 Å². The minimum Gasteiger partial charge on any atom is -0.493 e.